The van der Waals surface area contributed by atoms with Crippen LogP contribution in [0, 0.1) is 5.82 Å². The highest BCUT2D eigenvalue weighted by Gasteiger charge is 2.22. The van der Waals surface area contributed by atoms with Crippen LogP contribution >= 0.6 is 0 Å². The van der Waals surface area contributed by atoms with E-state index < -0.39 is 18.0 Å². The lowest BCUT2D eigenvalue weighted by Crippen LogP contribution is -2.37. The number of rotatable bonds is 6. The van der Waals surface area contributed by atoms with Gasteiger partial charge in [0, 0.05) is 6.20 Å². The third-order valence-electron chi connectivity index (χ3n) is 4.52. The fourth-order valence-electron chi connectivity index (χ4n) is 2.83. The summed E-state index contributed by atoms with van der Waals surface area (Å²) in [6.07, 6.45) is 0.305. The fraction of sp³-hybridized carbons (Fsp3) is 0.333. The minimum Gasteiger partial charge on any atom is -0.449 e. The molecule has 0 aliphatic carbocycles. The second kappa shape index (κ2) is 8.38. The zero-order chi connectivity index (χ0) is 21.1. The van der Waals surface area contributed by atoms with Gasteiger partial charge in [0.1, 0.15) is 5.82 Å². The molecule has 2 atom stereocenters. The highest BCUT2D eigenvalue weighted by molar-refractivity contribution is 5.95. The van der Waals surface area contributed by atoms with E-state index in [0.29, 0.717) is 16.8 Å². The summed E-state index contributed by atoms with van der Waals surface area (Å²) in [5, 5.41) is 7.35. The van der Waals surface area contributed by atoms with E-state index in [1.807, 2.05) is 13.8 Å². The number of hydrogen-bond acceptors (Lipinski definition) is 6. The summed E-state index contributed by atoms with van der Waals surface area (Å²) in [4.78, 5) is 28.9. The molecule has 0 saturated heterocycles. The number of esters is 1. The molecule has 0 radical (unpaired) electrons. The van der Waals surface area contributed by atoms with Crippen LogP contribution in [-0.2, 0) is 9.53 Å². The first-order valence-corrected chi connectivity index (χ1v) is 9.28. The Bertz CT molecular complexity index is 1030. The van der Waals surface area contributed by atoms with E-state index in [1.54, 1.807) is 25.1 Å². The molecule has 3 aromatic rings. The molecule has 2 aromatic heterocycles. The average Bonchev–Trinajstić information content (AvgIpc) is 3.11. The molecule has 0 bridgehead atoms. The molecule has 0 spiro atoms. The van der Waals surface area contributed by atoms with E-state index in [1.165, 1.54) is 25.3 Å². The predicted octanol–water partition coefficient (Wildman–Crippen LogP) is 3.91. The minimum absolute atomic E-state index is 0.0990. The predicted molar refractivity (Wildman–Crippen MR) is 104 cm³/mol. The Balaban J connectivity index is 1.66. The summed E-state index contributed by atoms with van der Waals surface area (Å²) in [6, 6.07) is 7.04. The Kier molecular flexibility index (Phi) is 5.91. The van der Waals surface area contributed by atoms with Crippen LogP contribution in [0.3, 0.4) is 0 Å². The van der Waals surface area contributed by atoms with Gasteiger partial charge in [-0.2, -0.15) is 0 Å². The maximum Gasteiger partial charge on any atom is 0.340 e. The van der Waals surface area contributed by atoms with Gasteiger partial charge in [-0.1, -0.05) is 31.1 Å². The molecule has 7 nitrogen and oxygen atoms in total. The molecule has 0 fully saturated rings. The van der Waals surface area contributed by atoms with Crippen molar-refractivity contribution in [2.24, 2.45) is 0 Å². The Labute approximate surface area is 167 Å². The normalized spacial score (nSPS) is 13.3. The van der Waals surface area contributed by atoms with E-state index >= 15 is 0 Å². The highest BCUT2D eigenvalue weighted by atomic mass is 19.1. The maximum absolute atomic E-state index is 13.0. The Morgan fingerprint density at radius 1 is 1.14 bits per heavy atom. The lowest BCUT2D eigenvalue weighted by molar-refractivity contribution is -0.129. The zero-order valence-corrected chi connectivity index (χ0v) is 16.6. The van der Waals surface area contributed by atoms with Crippen LogP contribution in [0.1, 0.15) is 61.3 Å². The molecule has 152 valence electrons. The van der Waals surface area contributed by atoms with Gasteiger partial charge in [0.2, 0.25) is 0 Å². The number of halogens is 1. The lowest BCUT2D eigenvalue weighted by atomic mass is 10.1. The molecule has 2 unspecified atom stereocenters. The first-order valence-electron chi connectivity index (χ1n) is 9.28. The Morgan fingerprint density at radius 2 is 1.83 bits per heavy atom. The van der Waals surface area contributed by atoms with Crippen LogP contribution < -0.4 is 5.32 Å². The van der Waals surface area contributed by atoms with Gasteiger partial charge in [0.25, 0.3) is 11.6 Å². The number of nitrogens with one attached hydrogen (secondary N) is 1. The van der Waals surface area contributed by atoms with Crippen molar-refractivity contribution >= 4 is 23.0 Å². The molecule has 2 heterocycles. The maximum atomic E-state index is 13.0. The highest BCUT2D eigenvalue weighted by Crippen LogP contribution is 2.24. The number of carbonyl (C=O) groups excluding carboxylic acids is 2. The Morgan fingerprint density at radius 3 is 2.48 bits per heavy atom. The number of ether oxygens (including phenoxy) is 1. The largest absolute Gasteiger partial charge is 0.449 e. The van der Waals surface area contributed by atoms with Gasteiger partial charge in [-0.25, -0.2) is 14.2 Å². The second-order valence-corrected chi connectivity index (χ2v) is 7.13. The van der Waals surface area contributed by atoms with Gasteiger partial charge in [-0.05, 0) is 43.5 Å². The van der Waals surface area contributed by atoms with Crippen molar-refractivity contribution in [1.29, 1.82) is 0 Å². The van der Waals surface area contributed by atoms with Crippen LogP contribution in [0.4, 0.5) is 4.39 Å². The molecule has 1 aromatic carbocycles. The van der Waals surface area contributed by atoms with Crippen molar-refractivity contribution in [2.45, 2.75) is 45.8 Å². The topological polar surface area (TPSA) is 94.3 Å². The second-order valence-electron chi connectivity index (χ2n) is 7.13. The Hall–Kier alpha value is -3.29. The van der Waals surface area contributed by atoms with Gasteiger partial charge in [0.05, 0.1) is 22.7 Å². The number of amides is 1. The summed E-state index contributed by atoms with van der Waals surface area (Å²) < 4.78 is 23.5. The number of fused-ring (bicyclic) bond motifs is 1. The van der Waals surface area contributed by atoms with Crippen molar-refractivity contribution in [3.8, 4) is 0 Å². The molecule has 8 heteroatoms. The molecule has 0 aliphatic rings. The van der Waals surface area contributed by atoms with Crippen molar-refractivity contribution in [2.75, 3.05) is 0 Å². The molecular weight excluding hydrogens is 377 g/mol. The van der Waals surface area contributed by atoms with Crippen molar-refractivity contribution < 1.29 is 23.2 Å². The average molecular weight is 399 g/mol. The first-order chi connectivity index (χ1) is 13.8. The molecule has 0 aliphatic heterocycles. The standard InChI is InChI=1S/C21H22FN3O4/c1-11(2)18-17-9-15(10-23-20(17)29-25-18)21(27)28-13(4)19(26)24-12(3)14-5-7-16(22)8-6-14/h5-13H,1-4H3,(H,24,26). The third-order valence-corrected chi connectivity index (χ3v) is 4.52. The van der Waals surface area contributed by atoms with Crippen LogP contribution in [0.5, 0.6) is 0 Å². The SMILES string of the molecule is CC(OC(=O)c1cnc2onc(C(C)C)c2c1)C(=O)NC(C)c1ccc(F)cc1. The van der Waals surface area contributed by atoms with Crippen LogP contribution in [0.2, 0.25) is 0 Å². The zero-order valence-electron chi connectivity index (χ0n) is 16.6. The summed E-state index contributed by atoms with van der Waals surface area (Å²) >= 11 is 0. The number of aromatic nitrogens is 2. The van der Waals surface area contributed by atoms with E-state index in [4.69, 9.17) is 9.26 Å². The number of hydrogen-bond donors (Lipinski definition) is 1. The fourth-order valence-corrected chi connectivity index (χ4v) is 2.83. The molecular formula is C21H22FN3O4. The number of nitrogens with zero attached hydrogens (tertiary/aromatic N) is 2. The summed E-state index contributed by atoms with van der Waals surface area (Å²) in [6.45, 7) is 7.15. The molecule has 1 N–H and O–H groups in total. The molecule has 3 rings (SSSR count). The van der Waals surface area contributed by atoms with Gasteiger partial charge < -0.3 is 14.6 Å². The number of carbonyl (C=O) groups is 2. The lowest BCUT2D eigenvalue weighted by Gasteiger charge is -2.18. The van der Waals surface area contributed by atoms with Crippen LogP contribution in [-0.4, -0.2) is 28.1 Å². The van der Waals surface area contributed by atoms with Gasteiger partial charge in [0.15, 0.2) is 6.10 Å². The van der Waals surface area contributed by atoms with Crippen molar-refractivity contribution in [1.82, 2.24) is 15.5 Å². The van der Waals surface area contributed by atoms with E-state index in [9.17, 15) is 14.0 Å². The van der Waals surface area contributed by atoms with Gasteiger partial charge in [-0.15, -0.1) is 0 Å². The van der Waals surface area contributed by atoms with Crippen molar-refractivity contribution in [3.63, 3.8) is 0 Å². The van der Waals surface area contributed by atoms with Crippen molar-refractivity contribution in [3.05, 3.63) is 59.2 Å². The van der Waals surface area contributed by atoms with Gasteiger partial charge >= 0.3 is 5.97 Å². The summed E-state index contributed by atoms with van der Waals surface area (Å²) in [7, 11) is 0. The summed E-state index contributed by atoms with van der Waals surface area (Å²) in [5.74, 6) is -1.39. The molecule has 0 saturated carbocycles. The quantitative estimate of drug-likeness (QED) is 0.632. The first kappa shape index (κ1) is 20.4. The minimum atomic E-state index is -1.02. The third kappa shape index (κ3) is 4.59. The molecule has 29 heavy (non-hydrogen) atoms. The summed E-state index contributed by atoms with van der Waals surface area (Å²) in [5.41, 5.74) is 1.97. The smallest absolute Gasteiger partial charge is 0.340 e. The van der Waals surface area contributed by atoms with E-state index in [2.05, 4.69) is 15.5 Å². The monoisotopic (exact) mass is 399 g/mol. The van der Waals surface area contributed by atoms with Crippen LogP contribution in [0.25, 0.3) is 11.1 Å². The van der Waals surface area contributed by atoms with E-state index in [0.717, 1.165) is 5.56 Å². The number of pyridine rings is 1. The number of benzene rings is 1. The molecule has 1 amide bonds. The van der Waals surface area contributed by atoms with Crippen LogP contribution in [0.15, 0.2) is 41.1 Å². The van der Waals surface area contributed by atoms with E-state index in [-0.39, 0.29) is 23.3 Å². The van der Waals surface area contributed by atoms with Gasteiger partial charge in [-0.3, -0.25) is 4.79 Å².